The van der Waals surface area contributed by atoms with Gasteiger partial charge in [-0.15, -0.1) is 17.9 Å². The highest BCUT2D eigenvalue weighted by atomic mass is 79.9. The number of methoxy groups -OCH3 is 1. The summed E-state index contributed by atoms with van der Waals surface area (Å²) in [5, 5.41) is 2.85. The lowest BCUT2D eigenvalue weighted by Crippen LogP contribution is -2.26. The molecule has 0 spiro atoms. The maximum atomic E-state index is 12.5. The average molecular weight is 405 g/mol. The maximum absolute atomic E-state index is 12.5. The molecule has 24 heavy (non-hydrogen) atoms. The fraction of sp³-hybridized carbons (Fsp3) is 0.167. The molecule has 0 bridgehead atoms. The maximum Gasteiger partial charge on any atom is 0.268 e. The van der Waals surface area contributed by atoms with Gasteiger partial charge in [-0.05, 0) is 45.8 Å². The van der Waals surface area contributed by atoms with E-state index in [0.29, 0.717) is 18.8 Å². The zero-order chi connectivity index (χ0) is 17.1. The van der Waals surface area contributed by atoms with Crippen molar-refractivity contribution in [1.82, 2.24) is 9.88 Å². The van der Waals surface area contributed by atoms with Gasteiger partial charge in [-0.3, -0.25) is 4.79 Å². The van der Waals surface area contributed by atoms with Crippen LogP contribution in [0.15, 0.2) is 52.8 Å². The lowest BCUT2D eigenvalue weighted by atomic mass is 10.2. The number of rotatable bonds is 6. The van der Waals surface area contributed by atoms with E-state index in [2.05, 4.69) is 27.8 Å². The van der Waals surface area contributed by atoms with E-state index in [1.165, 1.54) is 0 Å². The Balaban J connectivity index is 1.98. The number of amides is 1. The normalized spacial score (nSPS) is 10.8. The summed E-state index contributed by atoms with van der Waals surface area (Å²) >= 11 is 5.14. The molecule has 0 unspecified atom stereocenters. The van der Waals surface area contributed by atoms with Gasteiger partial charge in [0.05, 0.1) is 21.1 Å². The van der Waals surface area contributed by atoms with Gasteiger partial charge in [-0.1, -0.05) is 18.2 Å². The minimum absolute atomic E-state index is 0.0945. The first-order valence-corrected chi connectivity index (χ1v) is 9.04. The Bertz CT molecular complexity index is 880. The fourth-order valence-corrected chi connectivity index (χ4v) is 4.10. The number of hydrogen-bond acceptors (Lipinski definition) is 3. The van der Waals surface area contributed by atoms with E-state index in [-0.39, 0.29) is 5.91 Å². The SMILES string of the molecule is C=CCNC(=O)c1cc2sc(Br)cc2n1Cc1ccc(OC)cc1. The Kier molecular flexibility index (Phi) is 5.06. The molecule has 0 aliphatic carbocycles. The van der Waals surface area contributed by atoms with Crippen LogP contribution in [0.1, 0.15) is 16.1 Å². The summed E-state index contributed by atoms with van der Waals surface area (Å²) < 4.78 is 9.37. The number of fused-ring (bicyclic) bond motifs is 1. The van der Waals surface area contributed by atoms with Crippen LogP contribution in [0.5, 0.6) is 5.75 Å². The second-order valence-electron chi connectivity index (χ2n) is 5.26. The van der Waals surface area contributed by atoms with Crippen molar-refractivity contribution < 1.29 is 9.53 Å². The highest BCUT2D eigenvalue weighted by Gasteiger charge is 2.17. The largest absolute Gasteiger partial charge is 0.497 e. The number of ether oxygens (including phenoxy) is 1. The summed E-state index contributed by atoms with van der Waals surface area (Å²) in [4.78, 5) is 12.5. The quantitative estimate of drug-likeness (QED) is 0.617. The number of nitrogens with zero attached hydrogens (tertiary/aromatic N) is 1. The summed E-state index contributed by atoms with van der Waals surface area (Å²) in [7, 11) is 1.65. The van der Waals surface area contributed by atoms with Crippen LogP contribution >= 0.6 is 27.3 Å². The number of thiophene rings is 1. The lowest BCUT2D eigenvalue weighted by Gasteiger charge is -2.11. The van der Waals surface area contributed by atoms with E-state index in [4.69, 9.17) is 4.74 Å². The number of nitrogens with one attached hydrogen (secondary N) is 1. The van der Waals surface area contributed by atoms with Crippen LogP contribution < -0.4 is 10.1 Å². The topological polar surface area (TPSA) is 43.3 Å². The summed E-state index contributed by atoms with van der Waals surface area (Å²) in [6, 6.07) is 11.9. The minimum Gasteiger partial charge on any atom is -0.497 e. The van der Waals surface area contributed by atoms with Gasteiger partial charge < -0.3 is 14.6 Å². The molecule has 6 heteroatoms. The van der Waals surface area contributed by atoms with Crippen LogP contribution in [0.2, 0.25) is 0 Å². The van der Waals surface area contributed by atoms with Crippen molar-refractivity contribution in [3.63, 3.8) is 0 Å². The number of benzene rings is 1. The number of hydrogen-bond donors (Lipinski definition) is 1. The predicted molar refractivity (Wildman–Crippen MR) is 102 cm³/mol. The Morgan fingerprint density at radius 1 is 1.38 bits per heavy atom. The first-order chi connectivity index (χ1) is 11.6. The monoisotopic (exact) mass is 404 g/mol. The van der Waals surface area contributed by atoms with Crippen LogP contribution in [-0.2, 0) is 6.54 Å². The molecule has 0 saturated carbocycles. The van der Waals surface area contributed by atoms with E-state index in [0.717, 1.165) is 25.3 Å². The molecule has 1 aromatic carbocycles. The lowest BCUT2D eigenvalue weighted by molar-refractivity contribution is 0.0949. The van der Waals surface area contributed by atoms with Gasteiger partial charge in [-0.25, -0.2) is 0 Å². The summed E-state index contributed by atoms with van der Waals surface area (Å²) in [6.07, 6.45) is 1.67. The summed E-state index contributed by atoms with van der Waals surface area (Å²) in [5.74, 6) is 0.724. The van der Waals surface area contributed by atoms with Crippen molar-refractivity contribution in [2.45, 2.75) is 6.54 Å². The zero-order valence-electron chi connectivity index (χ0n) is 13.2. The summed E-state index contributed by atoms with van der Waals surface area (Å²) in [6.45, 7) is 4.71. The van der Waals surface area contributed by atoms with E-state index < -0.39 is 0 Å². The van der Waals surface area contributed by atoms with Crippen LogP contribution in [0, 0.1) is 0 Å². The third kappa shape index (κ3) is 3.39. The van der Waals surface area contributed by atoms with Crippen molar-refractivity contribution >= 4 is 43.4 Å². The first kappa shape index (κ1) is 16.8. The number of halogens is 1. The Morgan fingerprint density at radius 2 is 2.12 bits per heavy atom. The van der Waals surface area contributed by atoms with Gasteiger partial charge in [0.2, 0.25) is 0 Å². The number of carbonyl (C=O) groups excluding carboxylic acids is 1. The van der Waals surface area contributed by atoms with Gasteiger partial charge in [0.25, 0.3) is 5.91 Å². The van der Waals surface area contributed by atoms with Crippen LogP contribution in [-0.4, -0.2) is 24.1 Å². The highest BCUT2D eigenvalue weighted by Crippen LogP contribution is 2.33. The van der Waals surface area contributed by atoms with Crippen LogP contribution in [0.4, 0.5) is 0 Å². The molecular formula is C18H17BrN2O2S. The molecule has 0 radical (unpaired) electrons. The Labute approximate surface area is 152 Å². The molecule has 0 atom stereocenters. The zero-order valence-corrected chi connectivity index (χ0v) is 15.6. The molecule has 1 N–H and O–H groups in total. The van der Waals surface area contributed by atoms with E-state index in [1.807, 2.05) is 41.0 Å². The molecular weight excluding hydrogens is 388 g/mol. The highest BCUT2D eigenvalue weighted by molar-refractivity contribution is 9.11. The number of aromatic nitrogens is 1. The third-order valence-corrected chi connectivity index (χ3v) is 5.27. The molecule has 1 amide bonds. The standard InChI is InChI=1S/C18H17BrN2O2S/c1-3-8-20-18(22)15-9-16-14(10-17(19)24-16)21(15)11-12-4-6-13(23-2)7-5-12/h3-7,9-10H,1,8,11H2,2H3,(H,20,22). The second kappa shape index (κ2) is 7.23. The van der Waals surface area contributed by atoms with Gasteiger partial charge in [0.15, 0.2) is 0 Å². The Hall–Kier alpha value is -2.05. The molecule has 124 valence electrons. The van der Waals surface area contributed by atoms with Crippen LogP contribution in [0.3, 0.4) is 0 Å². The van der Waals surface area contributed by atoms with Gasteiger partial charge in [0, 0.05) is 13.1 Å². The molecule has 3 aromatic rings. The van der Waals surface area contributed by atoms with Crippen molar-refractivity contribution in [3.8, 4) is 5.75 Å². The van der Waals surface area contributed by atoms with Crippen molar-refractivity contribution in [1.29, 1.82) is 0 Å². The van der Waals surface area contributed by atoms with Gasteiger partial charge >= 0.3 is 0 Å². The Morgan fingerprint density at radius 3 is 2.79 bits per heavy atom. The first-order valence-electron chi connectivity index (χ1n) is 7.43. The molecule has 4 nitrogen and oxygen atoms in total. The molecule has 0 aliphatic heterocycles. The third-order valence-electron chi connectivity index (χ3n) is 3.70. The van der Waals surface area contributed by atoms with Crippen LogP contribution in [0.25, 0.3) is 10.2 Å². The van der Waals surface area contributed by atoms with Gasteiger partial charge in [0.1, 0.15) is 11.4 Å². The van der Waals surface area contributed by atoms with E-state index >= 15 is 0 Å². The molecule has 2 heterocycles. The molecule has 0 fully saturated rings. The van der Waals surface area contributed by atoms with Crippen molar-refractivity contribution in [2.24, 2.45) is 0 Å². The summed E-state index contributed by atoms with van der Waals surface area (Å²) in [5.41, 5.74) is 2.81. The molecule has 0 aliphatic rings. The second-order valence-corrected chi connectivity index (χ2v) is 7.73. The molecule has 0 saturated heterocycles. The predicted octanol–water partition coefficient (Wildman–Crippen LogP) is 4.44. The smallest absolute Gasteiger partial charge is 0.268 e. The van der Waals surface area contributed by atoms with E-state index in [9.17, 15) is 4.79 Å². The van der Waals surface area contributed by atoms with Crippen molar-refractivity contribution in [3.05, 3.63) is 64.1 Å². The number of carbonyl (C=O) groups is 1. The van der Waals surface area contributed by atoms with Crippen molar-refractivity contribution in [2.75, 3.05) is 13.7 Å². The average Bonchev–Trinajstić information content (AvgIpc) is 3.10. The fourth-order valence-electron chi connectivity index (χ4n) is 2.54. The molecule has 3 rings (SSSR count). The van der Waals surface area contributed by atoms with Gasteiger partial charge in [-0.2, -0.15) is 0 Å². The molecule has 2 aromatic heterocycles. The van der Waals surface area contributed by atoms with E-state index in [1.54, 1.807) is 24.5 Å². The minimum atomic E-state index is -0.0945.